The van der Waals surface area contributed by atoms with Crippen molar-refractivity contribution >= 4 is 21.8 Å². The van der Waals surface area contributed by atoms with Crippen LogP contribution >= 0.6 is 15.9 Å². The summed E-state index contributed by atoms with van der Waals surface area (Å²) in [6.07, 6.45) is 3.11. The first-order chi connectivity index (χ1) is 7.54. The number of halogens is 1. The standard InChI is InChI=1S/C13H24BrNO/c1-10(2)12-8-13(16)15(9-12)7-5-11(3)4-6-14/h10-12H,4-9H2,1-3H3. The number of likely N-dealkylation sites (tertiary alicyclic amines) is 1. The number of alkyl halides is 1. The molecule has 0 spiro atoms. The van der Waals surface area contributed by atoms with E-state index in [4.69, 9.17) is 0 Å². The molecule has 0 saturated carbocycles. The van der Waals surface area contributed by atoms with Crippen LogP contribution in [-0.4, -0.2) is 29.2 Å². The van der Waals surface area contributed by atoms with Crippen LogP contribution in [0.2, 0.25) is 0 Å². The summed E-state index contributed by atoms with van der Waals surface area (Å²) in [7, 11) is 0. The van der Waals surface area contributed by atoms with E-state index in [9.17, 15) is 4.79 Å². The molecule has 0 aromatic carbocycles. The van der Waals surface area contributed by atoms with E-state index in [1.54, 1.807) is 0 Å². The zero-order chi connectivity index (χ0) is 12.1. The maximum absolute atomic E-state index is 11.8. The van der Waals surface area contributed by atoms with E-state index in [2.05, 4.69) is 41.6 Å². The molecule has 0 aromatic heterocycles. The van der Waals surface area contributed by atoms with Gasteiger partial charge in [-0.2, -0.15) is 0 Å². The molecular formula is C13H24BrNO. The van der Waals surface area contributed by atoms with Gasteiger partial charge < -0.3 is 4.90 Å². The first-order valence-electron chi connectivity index (χ1n) is 6.38. The molecule has 1 aliphatic heterocycles. The van der Waals surface area contributed by atoms with Crippen LogP contribution in [0.1, 0.15) is 40.0 Å². The summed E-state index contributed by atoms with van der Waals surface area (Å²) in [6.45, 7) is 8.64. The highest BCUT2D eigenvalue weighted by Crippen LogP contribution is 2.25. The molecule has 0 bridgehead atoms. The molecule has 3 heteroatoms. The fourth-order valence-electron chi connectivity index (χ4n) is 2.17. The van der Waals surface area contributed by atoms with Gasteiger partial charge in [-0.15, -0.1) is 0 Å². The Bertz CT molecular complexity index is 230. The normalized spacial score (nSPS) is 23.2. The summed E-state index contributed by atoms with van der Waals surface area (Å²) in [4.78, 5) is 13.8. The third-order valence-electron chi connectivity index (χ3n) is 3.68. The van der Waals surface area contributed by atoms with Crippen molar-refractivity contribution in [2.75, 3.05) is 18.4 Å². The number of carbonyl (C=O) groups excluding carboxylic acids is 1. The van der Waals surface area contributed by atoms with Gasteiger partial charge in [-0.05, 0) is 30.6 Å². The topological polar surface area (TPSA) is 20.3 Å². The lowest BCUT2D eigenvalue weighted by atomic mass is 9.95. The molecule has 1 rings (SSSR count). The minimum Gasteiger partial charge on any atom is -0.342 e. The largest absolute Gasteiger partial charge is 0.342 e. The Hall–Kier alpha value is -0.0500. The fourth-order valence-corrected chi connectivity index (χ4v) is 2.95. The van der Waals surface area contributed by atoms with Crippen molar-refractivity contribution in [3.05, 3.63) is 0 Å². The molecule has 94 valence electrons. The number of rotatable bonds is 6. The average Bonchev–Trinajstić information content (AvgIpc) is 2.58. The van der Waals surface area contributed by atoms with Gasteiger partial charge in [0.15, 0.2) is 0 Å². The molecule has 1 fully saturated rings. The summed E-state index contributed by atoms with van der Waals surface area (Å²) in [5, 5.41) is 1.07. The summed E-state index contributed by atoms with van der Waals surface area (Å²) < 4.78 is 0. The number of nitrogens with zero attached hydrogens (tertiary/aromatic N) is 1. The summed E-state index contributed by atoms with van der Waals surface area (Å²) in [5.74, 6) is 2.29. The third-order valence-corrected chi connectivity index (χ3v) is 4.14. The number of carbonyl (C=O) groups is 1. The summed E-state index contributed by atoms with van der Waals surface area (Å²) in [5.41, 5.74) is 0. The van der Waals surface area contributed by atoms with Gasteiger partial charge in [-0.1, -0.05) is 36.7 Å². The first kappa shape index (κ1) is 14.0. The van der Waals surface area contributed by atoms with Crippen LogP contribution < -0.4 is 0 Å². The van der Waals surface area contributed by atoms with Crippen molar-refractivity contribution in [1.82, 2.24) is 4.90 Å². The van der Waals surface area contributed by atoms with Gasteiger partial charge in [-0.25, -0.2) is 0 Å². The Labute approximate surface area is 108 Å². The van der Waals surface area contributed by atoms with Crippen LogP contribution in [0.4, 0.5) is 0 Å². The second kappa shape index (κ2) is 6.63. The smallest absolute Gasteiger partial charge is 0.222 e. The van der Waals surface area contributed by atoms with E-state index in [0.29, 0.717) is 23.7 Å². The molecule has 2 atom stereocenters. The highest BCUT2D eigenvalue weighted by atomic mass is 79.9. The Morgan fingerprint density at radius 2 is 2.06 bits per heavy atom. The van der Waals surface area contributed by atoms with Crippen LogP contribution in [0.25, 0.3) is 0 Å². The van der Waals surface area contributed by atoms with E-state index >= 15 is 0 Å². The van der Waals surface area contributed by atoms with Gasteiger partial charge in [-0.3, -0.25) is 4.79 Å². The molecule has 1 saturated heterocycles. The van der Waals surface area contributed by atoms with Crippen molar-refractivity contribution in [3.8, 4) is 0 Å². The number of amides is 1. The van der Waals surface area contributed by atoms with Gasteiger partial charge >= 0.3 is 0 Å². The zero-order valence-electron chi connectivity index (χ0n) is 10.7. The molecule has 0 N–H and O–H groups in total. The Kier molecular flexibility index (Phi) is 5.81. The first-order valence-corrected chi connectivity index (χ1v) is 7.50. The second-order valence-electron chi connectivity index (χ2n) is 5.42. The van der Waals surface area contributed by atoms with Gasteiger partial charge in [0.2, 0.25) is 5.91 Å². The van der Waals surface area contributed by atoms with E-state index < -0.39 is 0 Å². The van der Waals surface area contributed by atoms with Crippen molar-refractivity contribution in [2.24, 2.45) is 17.8 Å². The van der Waals surface area contributed by atoms with Crippen LogP contribution in [-0.2, 0) is 4.79 Å². The van der Waals surface area contributed by atoms with Crippen LogP contribution in [0.15, 0.2) is 0 Å². The van der Waals surface area contributed by atoms with Crippen molar-refractivity contribution in [3.63, 3.8) is 0 Å². The van der Waals surface area contributed by atoms with E-state index in [1.807, 2.05) is 0 Å². The SMILES string of the molecule is CC(CCBr)CCN1CC(C(C)C)CC1=O. The molecule has 0 radical (unpaired) electrons. The molecule has 2 nitrogen and oxygen atoms in total. The Morgan fingerprint density at radius 3 is 2.56 bits per heavy atom. The van der Waals surface area contributed by atoms with Crippen LogP contribution in [0.3, 0.4) is 0 Å². The lowest BCUT2D eigenvalue weighted by Gasteiger charge is -2.20. The maximum Gasteiger partial charge on any atom is 0.222 e. The summed E-state index contributed by atoms with van der Waals surface area (Å²) in [6, 6.07) is 0. The van der Waals surface area contributed by atoms with Crippen LogP contribution in [0, 0.1) is 17.8 Å². The predicted molar refractivity (Wildman–Crippen MR) is 71.7 cm³/mol. The van der Waals surface area contributed by atoms with Gasteiger partial charge in [0.1, 0.15) is 0 Å². The highest BCUT2D eigenvalue weighted by Gasteiger charge is 2.30. The molecule has 16 heavy (non-hydrogen) atoms. The number of hydrogen-bond acceptors (Lipinski definition) is 1. The fraction of sp³-hybridized carbons (Fsp3) is 0.923. The molecule has 2 unspecified atom stereocenters. The predicted octanol–water partition coefficient (Wildman–Crippen LogP) is 3.30. The maximum atomic E-state index is 11.8. The van der Waals surface area contributed by atoms with Crippen molar-refractivity contribution in [2.45, 2.75) is 40.0 Å². The van der Waals surface area contributed by atoms with Crippen molar-refractivity contribution < 1.29 is 4.79 Å². The lowest BCUT2D eigenvalue weighted by Crippen LogP contribution is -2.28. The average molecular weight is 290 g/mol. The molecule has 1 amide bonds. The number of hydrogen-bond donors (Lipinski definition) is 0. The van der Waals surface area contributed by atoms with Gasteiger partial charge in [0.25, 0.3) is 0 Å². The van der Waals surface area contributed by atoms with E-state index in [0.717, 1.165) is 31.3 Å². The van der Waals surface area contributed by atoms with Gasteiger partial charge in [0.05, 0.1) is 0 Å². The van der Waals surface area contributed by atoms with E-state index in [-0.39, 0.29) is 0 Å². The Morgan fingerprint density at radius 1 is 1.38 bits per heavy atom. The highest BCUT2D eigenvalue weighted by molar-refractivity contribution is 9.09. The van der Waals surface area contributed by atoms with Gasteiger partial charge in [0, 0.05) is 24.8 Å². The minimum absolute atomic E-state index is 0.366. The lowest BCUT2D eigenvalue weighted by molar-refractivity contribution is -0.127. The van der Waals surface area contributed by atoms with Crippen molar-refractivity contribution in [1.29, 1.82) is 0 Å². The summed E-state index contributed by atoms with van der Waals surface area (Å²) >= 11 is 3.46. The molecule has 0 aliphatic carbocycles. The quantitative estimate of drug-likeness (QED) is 0.687. The minimum atomic E-state index is 0.366. The molecule has 1 aliphatic rings. The third kappa shape index (κ3) is 4.08. The molecule has 1 heterocycles. The molecular weight excluding hydrogens is 266 g/mol. The molecule has 0 aromatic rings. The van der Waals surface area contributed by atoms with Crippen LogP contribution in [0.5, 0.6) is 0 Å². The van der Waals surface area contributed by atoms with E-state index in [1.165, 1.54) is 6.42 Å². The monoisotopic (exact) mass is 289 g/mol. The second-order valence-corrected chi connectivity index (χ2v) is 6.21. The zero-order valence-corrected chi connectivity index (χ0v) is 12.3. The Balaban J connectivity index is 2.30.